The van der Waals surface area contributed by atoms with Gasteiger partial charge >= 0.3 is 5.97 Å². The fourth-order valence-corrected chi connectivity index (χ4v) is 1.36. The quantitative estimate of drug-likeness (QED) is 0.713. The molecule has 0 bridgehead atoms. The van der Waals surface area contributed by atoms with Crippen molar-refractivity contribution in [2.45, 2.75) is 0 Å². The van der Waals surface area contributed by atoms with Gasteiger partial charge in [-0.15, -0.1) is 0 Å². The van der Waals surface area contributed by atoms with Gasteiger partial charge in [0.1, 0.15) is 0 Å². The molecule has 1 amide bonds. The van der Waals surface area contributed by atoms with Crippen molar-refractivity contribution in [3.63, 3.8) is 0 Å². The van der Waals surface area contributed by atoms with Crippen molar-refractivity contribution in [1.29, 1.82) is 0 Å². The summed E-state index contributed by atoms with van der Waals surface area (Å²) in [5, 5.41) is 17.4. The monoisotopic (exact) mass is 258 g/mol. The van der Waals surface area contributed by atoms with E-state index in [9.17, 15) is 9.59 Å². The minimum absolute atomic E-state index is 0.328. The molecule has 0 saturated carbocycles. The molecule has 2 heterocycles. The number of hydrogen-bond donors (Lipinski definition) is 3. The highest BCUT2D eigenvalue weighted by Gasteiger charge is 2.07. The highest BCUT2D eigenvalue weighted by molar-refractivity contribution is 6.04. The summed E-state index contributed by atoms with van der Waals surface area (Å²) in [6.07, 6.45) is 8.22. The van der Waals surface area contributed by atoms with Crippen LogP contribution in [-0.4, -0.2) is 32.2 Å². The Morgan fingerprint density at radius 1 is 1.32 bits per heavy atom. The third kappa shape index (κ3) is 3.50. The number of carboxylic acids is 1. The van der Waals surface area contributed by atoms with Crippen molar-refractivity contribution in [2.75, 3.05) is 5.32 Å². The standard InChI is InChI=1S/C12H10N4O3/c17-11(18)2-1-8-3-9(5-13-4-8)12(19)16-10-6-14-15-7-10/h1-7H,(H,14,15)(H,16,19)(H,17,18)/b2-1+. The van der Waals surface area contributed by atoms with Crippen LogP contribution < -0.4 is 5.32 Å². The molecule has 7 heteroatoms. The molecule has 0 radical (unpaired) electrons. The minimum atomic E-state index is -1.06. The SMILES string of the molecule is O=C(O)/C=C/c1cncc(C(=O)Nc2cn[nH]c2)c1. The number of anilines is 1. The molecule has 2 aromatic rings. The van der Waals surface area contributed by atoms with E-state index in [-0.39, 0.29) is 5.91 Å². The lowest BCUT2D eigenvalue weighted by molar-refractivity contribution is -0.131. The van der Waals surface area contributed by atoms with E-state index in [0.717, 1.165) is 6.08 Å². The van der Waals surface area contributed by atoms with Crippen molar-refractivity contribution in [2.24, 2.45) is 0 Å². The molecule has 0 saturated heterocycles. The van der Waals surface area contributed by atoms with Gasteiger partial charge < -0.3 is 10.4 Å². The normalized spacial score (nSPS) is 10.5. The molecule has 0 aliphatic rings. The first kappa shape index (κ1) is 12.5. The van der Waals surface area contributed by atoms with Gasteiger partial charge in [-0.3, -0.25) is 14.9 Å². The summed E-state index contributed by atoms with van der Waals surface area (Å²) in [6.45, 7) is 0. The number of hydrogen-bond acceptors (Lipinski definition) is 4. The second-order valence-electron chi connectivity index (χ2n) is 3.62. The Labute approximate surface area is 108 Å². The first-order valence-electron chi connectivity index (χ1n) is 5.31. The molecule has 0 atom stereocenters. The van der Waals surface area contributed by atoms with Crippen LogP contribution in [0.5, 0.6) is 0 Å². The number of aromatic nitrogens is 3. The van der Waals surface area contributed by atoms with Gasteiger partial charge in [-0.2, -0.15) is 5.10 Å². The number of aromatic amines is 1. The van der Waals surface area contributed by atoms with E-state index in [1.54, 1.807) is 12.3 Å². The Morgan fingerprint density at radius 3 is 2.84 bits per heavy atom. The number of pyridine rings is 1. The summed E-state index contributed by atoms with van der Waals surface area (Å²) in [5.41, 5.74) is 1.40. The Kier molecular flexibility index (Phi) is 3.67. The van der Waals surface area contributed by atoms with E-state index < -0.39 is 5.97 Å². The Morgan fingerprint density at radius 2 is 2.16 bits per heavy atom. The summed E-state index contributed by atoms with van der Waals surface area (Å²) >= 11 is 0. The molecule has 3 N–H and O–H groups in total. The molecule has 0 aromatic carbocycles. The van der Waals surface area contributed by atoms with Crippen LogP contribution in [0.4, 0.5) is 5.69 Å². The average Bonchev–Trinajstić information content (AvgIpc) is 2.89. The van der Waals surface area contributed by atoms with E-state index in [0.29, 0.717) is 16.8 Å². The maximum atomic E-state index is 11.9. The van der Waals surface area contributed by atoms with Crippen molar-refractivity contribution >= 4 is 23.6 Å². The number of carbonyl (C=O) groups is 2. The van der Waals surface area contributed by atoms with Crippen LogP contribution in [0.1, 0.15) is 15.9 Å². The number of nitrogens with one attached hydrogen (secondary N) is 2. The molecule has 0 fully saturated rings. The molecule has 96 valence electrons. The zero-order valence-corrected chi connectivity index (χ0v) is 9.70. The van der Waals surface area contributed by atoms with Gasteiger partial charge in [0, 0.05) is 24.7 Å². The van der Waals surface area contributed by atoms with Gasteiger partial charge in [0.2, 0.25) is 0 Å². The van der Waals surface area contributed by atoms with Crippen molar-refractivity contribution in [3.05, 3.63) is 48.1 Å². The lowest BCUT2D eigenvalue weighted by Crippen LogP contribution is -2.11. The first-order valence-corrected chi connectivity index (χ1v) is 5.31. The smallest absolute Gasteiger partial charge is 0.328 e. The van der Waals surface area contributed by atoms with Crippen molar-refractivity contribution in [1.82, 2.24) is 15.2 Å². The van der Waals surface area contributed by atoms with E-state index in [1.165, 1.54) is 24.7 Å². The second kappa shape index (κ2) is 5.58. The summed E-state index contributed by atoms with van der Waals surface area (Å²) in [7, 11) is 0. The maximum absolute atomic E-state index is 11.9. The Bertz CT molecular complexity index is 620. The van der Waals surface area contributed by atoms with Crippen molar-refractivity contribution in [3.8, 4) is 0 Å². The fourth-order valence-electron chi connectivity index (χ4n) is 1.36. The van der Waals surface area contributed by atoms with Gasteiger partial charge in [-0.1, -0.05) is 0 Å². The molecule has 2 aromatic heterocycles. The van der Waals surface area contributed by atoms with Crippen LogP contribution in [-0.2, 0) is 4.79 Å². The van der Waals surface area contributed by atoms with Crippen LogP contribution in [0.2, 0.25) is 0 Å². The van der Waals surface area contributed by atoms with Gasteiger partial charge in [0.15, 0.2) is 0 Å². The maximum Gasteiger partial charge on any atom is 0.328 e. The minimum Gasteiger partial charge on any atom is -0.478 e. The molecule has 0 spiro atoms. The molecule has 0 aliphatic carbocycles. The highest BCUT2D eigenvalue weighted by atomic mass is 16.4. The molecule has 0 unspecified atom stereocenters. The molecule has 2 rings (SSSR count). The summed E-state index contributed by atoms with van der Waals surface area (Å²) in [4.78, 5) is 26.2. The van der Waals surface area contributed by atoms with Crippen LogP contribution in [0.3, 0.4) is 0 Å². The summed E-state index contributed by atoms with van der Waals surface area (Å²) in [6, 6.07) is 1.54. The number of carbonyl (C=O) groups excluding carboxylic acids is 1. The van der Waals surface area contributed by atoms with E-state index in [1.807, 2.05) is 0 Å². The number of amides is 1. The topological polar surface area (TPSA) is 108 Å². The lowest BCUT2D eigenvalue weighted by Gasteiger charge is -2.02. The number of H-pyrrole nitrogens is 1. The van der Waals surface area contributed by atoms with Crippen LogP contribution in [0.25, 0.3) is 6.08 Å². The van der Waals surface area contributed by atoms with Crippen molar-refractivity contribution < 1.29 is 14.7 Å². The second-order valence-corrected chi connectivity index (χ2v) is 3.62. The molecule has 7 nitrogen and oxygen atoms in total. The predicted molar refractivity (Wildman–Crippen MR) is 67.4 cm³/mol. The lowest BCUT2D eigenvalue weighted by atomic mass is 10.2. The Balaban J connectivity index is 2.14. The van der Waals surface area contributed by atoms with Crippen LogP contribution in [0.15, 0.2) is 36.9 Å². The highest BCUT2D eigenvalue weighted by Crippen LogP contribution is 2.08. The zero-order chi connectivity index (χ0) is 13.7. The average molecular weight is 258 g/mol. The van der Waals surface area contributed by atoms with E-state index in [2.05, 4.69) is 20.5 Å². The zero-order valence-electron chi connectivity index (χ0n) is 9.70. The summed E-state index contributed by atoms with van der Waals surface area (Å²) < 4.78 is 0. The number of aliphatic carboxylic acids is 1. The molecular weight excluding hydrogens is 248 g/mol. The van der Waals surface area contributed by atoms with E-state index >= 15 is 0 Å². The first-order chi connectivity index (χ1) is 9.15. The number of carboxylic acid groups (broad SMARTS) is 1. The van der Waals surface area contributed by atoms with Crippen LogP contribution >= 0.6 is 0 Å². The number of rotatable bonds is 4. The fraction of sp³-hybridized carbons (Fsp3) is 0. The predicted octanol–water partition coefficient (Wildman–Crippen LogP) is 1.15. The summed E-state index contributed by atoms with van der Waals surface area (Å²) in [5.74, 6) is -1.41. The molecular formula is C12H10N4O3. The largest absolute Gasteiger partial charge is 0.478 e. The van der Waals surface area contributed by atoms with Gasteiger partial charge in [0.25, 0.3) is 5.91 Å². The Hall–Kier alpha value is -2.96. The third-order valence-electron chi connectivity index (χ3n) is 2.20. The van der Waals surface area contributed by atoms with Crippen LogP contribution in [0, 0.1) is 0 Å². The van der Waals surface area contributed by atoms with Gasteiger partial charge in [-0.05, 0) is 17.7 Å². The molecule has 0 aliphatic heterocycles. The molecule has 19 heavy (non-hydrogen) atoms. The van der Waals surface area contributed by atoms with Gasteiger partial charge in [-0.25, -0.2) is 4.79 Å². The third-order valence-corrected chi connectivity index (χ3v) is 2.20. The van der Waals surface area contributed by atoms with Gasteiger partial charge in [0.05, 0.1) is 17.4 Å². The van der Waals surface area contributed by atoms with E-state index in [4.69, 9.17) is 5.11 Å². The number of nitrogens with zero attached hydrogens (tertiary/aromatic N) is 2.